The average molecular weight is 455 g/mol. The summed E-state index contributed by atoms with van der Waals surface area (Å²) in [6, 6.07) is 0. The van der Waals surface area contributed by atoms with Crippen molar-refractivity contribution >= 4 is 11.8 Å². The summed E-state index contributed by atoms with van der Waals surface area (Å²) in [5.41, 5.74) is 1.09. The Balaban J connectivity index is 1.63. The fourth-order valence-corrected chi connectivity index (χ4v) is 10.5. The minimum Gasteiger partial charge on any atom is -0.481 e. The van der Waals surface area contributed by atoms with Crippen molar-refractivity contribution in [2.24, 2.45) is 50.2 Å². The molecule has 0 aromatic rings. The Hall–Kier alpha value is -1.12. The molecule has 3 nitrogen and oxygen atoms in total. The molecule has 1 N–H and O–H groups in total. The van der Waals surface area contributed by atoms with Crippen LogP contribution < -0.4 is 0 Å². The summed E-state index contributed by atoms with van der Waals surface area (Å²) in [5, 5.41) is 10.0. The first kappa shape index (κ1) is 23.6. The zero-order valence-electron chi connectivity index (χ0n) is 22.1. The maximum Gasteiger partial charge on any atom is 0.309 e. The molecule has 3 heteroatoms. The Kier molecular flexibility index (Phi) is 4.83. The third-order valence-electron chi connectivity index (χ3n) is 12.8. The van der Waals surface area contributed by atoms with Crippen LogP contribution in [0, 0.1) is 50.2 Å². The molecule has 5 aliphatic rings. The Bertz CT molecular complexity index is 931. The topological polar surface area (TPSA) is 54.4 Å². The number of carboxylic acids is 1. The van der Waals surface area contributed by atoms with Gasteiger partial charge in [0.25, 0.3) is 0 Å². The molecule has 0 aliphatic heterocycles. The van der Waals surface area contributed by atoms with Gasteiger partial charge in [-0.2, -0.15) is 0 Å². The van der Waals surface area contributed by atoms with Crippen LogP contribution in [0.25, 0.3) is 0 Å². The first-order valence-corrected chi connectivity index (χ1v) is 13.6. The van der Waals surface area contributed by atoms with Crippen LogP contribution in [0.5, 0.6) is 0 Å². The second kappa shape index (κ2) is 6.76. The van der Waals surface area contributed by atoms with Crippen molar-refractivity contribution < 1.29 is 14.7 Å². The van der Waals surface area contributed by atoms with Gasteiger partial charge in [-0.1, -0.05) is 53.5 Å². The van der Waals surface area contributed by atoms with Crippen molar-refractivity contribution in [2.45, 2.75) is 113 Å². The highest BCUT2D eigenvalue weighted by Gasteiger charge is 2.69. The summed E-state index contributed by atoms with van der Waals surface area (Å²) in [6.45, 7) is 16.6. The maximum absolute atomic E-state index is 14.2. The predicted octanol–water partition coefficient (Wildman–Crippen LogP) is 7.44. The summed E-state index contributed by atoms with van der Waals surface area (Å²) >= 11 is 0. The smallest absolute Gasteiger partial charge is 0.309 e. The van der Waals surface area contributed by atoms with E-state index in [9.17, 15) is 14.7 Å². The number of fused-ring (bicyclic) bond motifs is 7. The molecule has 4 saturated carbocycles. The molecule has 4 fully saturated rings. The summed E-state index contributed by atoms with van der Waals surface area (Å²) in [7, 11) is 0. The quantitative estimate of drug-likeness (QED) is 0.448. The van der Waals surface area contributed by atoms with Gasteiger partial charge in [-0.05, 0) is 110 Å². The molecule has 8 atom stereocenters. The minimum absolute atomic E-state index is 0.0118. The lowest BCUT2D eigenvalue weighted by molar-refractivity contribution is -0.185. The highest BCUT2D eigenvalue weighted by molar-refractivity contribution is 5.95. The molecule has 0 saturated heterocycles. The average Bonchev–Trinajstić information content (AvgIpc) is 2.70. The maximum atomic E-state index is 14.2. The molecule has 0 bridgehead atoms. The lowest BCUT2D eigenvalue weighted by Crippen LogP contribution is -2.65. The summed E-state index contributed by atoms with van der Waals surface area (Å²) in [5.74, 6) is 0.609. The number of carbonyl (C=O) groups excluding carboxylic acids is 1. The molecule has 0 heterocycles. The second-order valence-electron chi connectivity index (χ2n) is 14.9. The van der Waals surface area contributed by atoms with E-state index in [1.165, 1.54) is 31.3 Å². The van der Waals surface area contributed by atoms with Crippen molar-refractivity contribution in [1.82, 2.24) is 0 Å². The normalized spacial score (nSPS) is 53.1. The molecule has 0 spiro atoms. The van der Waals surface area contributed by atoms with E-state index in [-0.39, 0.29) is 33.5 Å². The fraction of sp³-hybridized carbons (Fsp3) is 0.867. The van der Waals surface area contributed by atoms with Crippen molar-refractivity contribution in [2.75, 3.05) is 0 Å². The van der Waals surface area contributed by atoms with Gasteiger partial charge in [0.1, 0.15) is 0 Å². The number of aliphatic carboxylic acids is 1. The third kappa shape index (κ3) is 2.86. The van der Waals surface area contributed by atoms with Crippen molar-refractivity contribution in [3.05, 3.63) is 11.6 Å². The van der Waals surface area contributed by atoms with Gasteiger partial charge in [0, 0.05) is 5.92 Å². The zero-order chi connectivity index (χ0) is 24.2. The SMILES string of the molecule is CC1(C(=O)O)CCC2(C)CCC3(C)C(=CC(=O)C4C5(C)CCCC(C)(C)C5CCC43C)C2C1. The van der Waals surface area contributed by atoms with Gasteiger partial charge in [0.05, 0.1) is 5.41 Å². The van der Waals surface area contributed by atoms with Gasteiger partial charge in [0.2, 0.25) is 0 Å². The van der Waals surface area contributed by atoms with Crippen LogP contribution in [0.1, 0.15) is 113 Å². The highest BCUT2D eigenvalue weighted by Crippen LogP contribution is 2.75. The molecule has 184 valence electrons. The van der Waals surface area contributed by atoms with E-state index in [0.717, 1.165) is 32.1 Å². The van der Waals surface area contributed by atoms with Crippen LogP contribution in [-0.4, -0.2) is 16.9 Å². The molecular formula is C30H46O3. The van der Waals surface area contributed by atoms with Gasteiger partial charge >= 0.3 is 5.97 Å². The number of ketones is 1. The van der Waals surface area contributed by atoms with Crippen LogP contribution in [0.3, 0.4) is 0 Å². The number of hydrogen-bond donors (Lipinski definition) is 1. The Morgan fingerprint density at radius 3 is 2.24 bits per heavy atom. The van der Waals surface area contributed by atoms with E-state index in [1.54, 1.807) is 0 Å². The molecule has 5 rings (SSSR count). The van der Waals surface area contributed by atoms with Gasteiger partial charge in [0.15, 0.2) is 5.78 Å². The van der Waals surface area contributed by atoms with Gasteiger partial charge < -0.3 is 5.11 Å². The van der Waals surface area contributed by atoms with E-state index in [1.807, 2.05) is 6.92 Å². The van der Waals surface area contributed by atoms with Crippen molar-refractivity contribution in [3.63, 3.8) is 0 Å². The molecule has 0 aromatic heterocycles. The highest BCUT2D eigenvalue weighted by atomic mass is 16.4. The first-order valence-electron chi connectivity index (χ1n) is 13.6. The molecule has 0 radical (unpaired) electrons. The lowest BCUT2D eigenvalue weighted by Gasteiger charge is -2.70. The molecule has 33 heavy (non-hydrogen) atoms. The predicted molar refractivity (Wildman–Crippen MR) is 132 cm³/mol. The minimum atomic E-state index is -0.679. The molecule has 0 aromatic carbocycles. The van der Waals surface area contributed by atoms with Crippen LogP contribution in [0.4, 0.5) is 0 Å². The third-order valence-corrected chi connectivity index (χ3v) is 12.8. The van der Waals surface area contributed by atoms with Gasteiger partial charge in [-0.3, -0.25) is 9.59 Å². The number of hydrogen-bond acceptors (Lipinski definition) is 2. The Morgan fingerprint density at radius 1 is 0.909 bits per heavy atom. The van der Waals surface area contributed by atoms with Gasteiger partial charge in [-0.25, -0.2) is 0 Å². The molecule has 0 amide bonds. The largest absolute Gasteiger partial charge is 0.481 e. The van der Waals surface area contributed by atoms with Crippen LogP contribution in [-0.2, 0) is 9.59 Å². The van der Waals surface area contributed by atoms with E-state index in [4.69, 9.17) is 0 Å². The molecule has 8 unspecified atom stereocenters. The Morgan fingerprint density at radius 2 is 1.58 bits per heavy atom. The van der Waals surface area contributed by atoms with Crippen LogP contribution in [0.15, 0.2) is 11.6 Å². The van der Waals surface area contributed by atoms with Crippen molar-refractivity contribution in [1.29, 1.82) is 0 Å². The second-order valence-corrected chi connectivity index (χ2v) is 14.9. The number of carboxylic acid groups (broad SMARTS) is 1. The summed E-state index contributed by atoms with van der Waals surface area (Å²) < 4.78 is 0. The standard InChI is InChI=1S/C30H46O3/c1-25(2)10-8-11-28(5)22(25)9-12-30(7)23(28)21(31)17-19-20-18-27(4,24(32)33)14-13-26(20,3)15-16-29(19,30)6/h17,20,22-23H,8-16,18H2,1-7H3,(H,32,33). The van der Waals surface area contributed by atoms with E-state index in [0.29, 0.717) is 23.5 Å². The van der Waals surface area contributed by atoms with Crippen LogP contribution >= 0.6 is 0 Å². The van der Waals surface area contributed by atoms with Gasteiger partial charge in [-0.15, -0.1) is 0 Å². The number of rotatable bonds is 1. The van der Waals surface area contributed by atoms with E-state index in [2.05, 4.69) is 47.6 Å². The summed E-state index contributed by atoms with van der Waals surface area (Å²) in [6.07, 6.45) is 12.8. The monoisotopic (exact) mass is 454 g/mol. The first-order chi connectivity index (χ1) is 15.1. The fourth-order valence-electron chi connectivity index (χ4n) is 10.5. The number of carbonyl (C=O) groups is 2. The summed E-state index contributed by atoms with van der Waals surface area (Å²) in [4.78, 5) is 26.4. The Labute approximate surface area is 201 Å². The number of allylic oxidation sites excluding steroid dienone is 2. The van der Waals surface area contributed by atoms with Crippen LogP contribution in [0.2, 0.25) is 0 Å². The van der Waals surface area contributed by atoms with E-state index >= 15 is 0 Å². The van der Waals surface area contributed by atoms with E-state index < -0.39 is 11.4 Å². The molecule has 5 aliphatic carbocycles. The lowest BCUT2D eigenvalue weighted by atomic mass is 9.33. The molecular weight excluding hydrogens is 408 g/mol. The van der Waals surface area contributed by atoms with Crippen molar-refractivity contribution in [3.8, 4) is 0 Å². The zero-order valence-corrected chi connectivity index (χ0v) is 22.1.